The molecule has 1 aromatic rings. The molecule has 1 N–H and O–H groups in total. The molecule has 1 saturated heterocycles. The molecule has 0 spiro atoms. The predicted octanol–water partition coefficient (Wildman–Crippen LogP) is 3.04. The van der Waals surface area contributed by atoms with E-state index in [1.165, 1.54) is 25.0 Å². The molecular formula is C15H23FN2. The van der Waals surface area contributed by atoms with Crippen LogP contribution in [0, 0.1) is 11.7 Å². The van der Waals surface area contributed by atoms with Gasteiger partial charge in [-0.2, -0.15) is 0 Å². The Morgan fingerprint density at radius 1 is 1.33 bits per heavy atom. The average molecular weight is 250 g/mol. The van der Waals surface area contributed by atoms with Gasteiger partial charge in [0, 0.05) is 24.8 Å². The van der Waals surface area contributed by atoms with Gasteiger partial charge in [-0.25, -0.2) is 4.39 Å². The van der Waals surface area contributed by atoms with Gasteiger partial charge in [0.2, 0.25) is 0 Å². The maximum Gasteiger partial charge on any atom is 0.123 e. The van der Waals surface area contributed by atoms with Gasteiger partial charge in [0.25, 0.3) is 0 Å². The van der Waals surface area contributed by atoms with Crippen molar-refractivity contribution in [2.24, 2.45) is 5.92 Å². The lowest BCUT2D eigenvalue weighted by Crippen LogP contribution is -2.48. The average Bonchev–Trinajstić information content (AvgIpc) is 2.39. The number of hydrogen-bond donors (Lipinski definition) is 1. The molecule has 2 rings (SSSR count). The minimum absolute atomic E-state index is 0.168. The SMILES string of the molecule is CCN(CC1NCCCC1C)c1ccc(F)cc1. The Hall–Kier alpha value is -1.09. The topological polar surface area (TPSA) is 15.3 Å². The fraction of sp³-hybridized carbons (Fsp3) is 0.600. The molecule has 18 heavy (non-hydrogen) atoms. The maximum absolute atomic E-state index is 12.9. The van der Waals surface area contributed by atoms with Crippen LogP contribution in [0.1, 0.15) is 26.7 Å². The van der Waals surface area contributed by atoms with Crippen molar-refractivity contribution in [1.82, 2.24) is 5.32 Å². The molecule has 1 aliphatic rings. The number of likely N-dealkylation sites (N-methyl/N-ethyl adjacent to an activating group) is 1. The molecule has 1 aromatic carbocycles. The van der Waals surface area contributed by atoms with Gasteiger partial charge in [-0.1, -0.05) is 6.92 Å². The molecule has 2 nitrogen and oxygen atoms in total. The smallest absolute Gasteiger partial charge is 0.123 e. The summed E-state index contributed by atoms with van der Waals surface area (Å²) >= 11 is 0. The summed E-state index contributed by atoms with van der Waals surface area (Å²) in [5.74, 6) is 0.548. The number of benzene rings is 1. The van der Waals surface area contributed by atoms with Crippen molar-refractivity contribution < 1.29 is 4.39 Å². The zero-order chi connectivity index (χ0) is 13.0. The molecule has 1 heterocycles. The second-order valence-electron chi connectivity index (χ2n) is 5.20. The van der Waals surface area contributed by atoms with Gasteiger partial charge in [-0.3, -0.25) is 0 Å². The Morgan fingerprint density at radius 2 is 2.06 bits per heavy atom. The Kier molecular flexibility index (Phi) is 4.59. The molecule has 0 amide bonds. The van der Waals surface area contributed by atoms with Crippen LogP contribution in [0.15, 0.2) is 24.3 Å². The van der Waals surface area contributed by atoms with Crippen molar-refractivity contribution in [2.75, 3.05) is 24.5 Å². The molecule has 0 aliphatic carbocycles. The van der Waals surface area contributed by atoms with Crippen LogP contribution in [0.5, 0.6) is 0 Å². The molecule has 0 bridgehead atoms. The number of nitrogens with one attached hydrogen (secondary N) is 1. The van der Waals surface area contributed by atoms with Crippen LogP contribution in [0.25, 0.3) is 0 Å². The van der Waals surface area contributed by atoms with E-state index in [0.29, 0.717) is 12.0 Å². The van der Waals surface area contributed by atoms with E-state index in [0.717, 1.165) is 25.3 Å². The van der Waals surface area contributed by atoms with Crippen molar-refractivity contribution in [1.29, 1.82) is 0 Å². The van der Waals surface area contributed by atoms with Crippen molar-refractivity contribution in [3.05, 3.63) is 30.1 Å². The van der Waals surface area contributed by atoms with Crippen molar-refractivity contribution >= 4 is 5.69 Å². The quantitative estimate of drug-likeness (QED) is 0.883. The van der Waals surface area contributed by atoms with E-state index in [1.54, 1.807) is 0 Å². The second-order valence-corrected chi connectivity index (χ2v) is 5.20. The molecule has 0 radical (unpaired) electrons. The molecule has 2 unspecified atom stereocenters. The third-order valence-corrected chi connectivity index (χ3v) is 3.92. The fourth-order valence-electron chi connectivity index (χ4n) is 2.66. The molecule has 0 aromatic heterocycles. The van der Waals surface area contributed by atoms with Gasteiger partial charge in [0.15, 0.2) is 0 Å². The lowest BCUT2D eigenvalue weighted by atomic mass is 9.92. The monoisotopic (exact) mass is 250 g/mol. The van der Waals surface area contributed by atoms with Crippen LogP contribution in [0.4, 0.5) is 10.1 Å². The van der Waals surface area contributed by atoms with Gasteiger partial charge in [0.1, 0.15) is 5.82 Å². The summed E-state index contributed by atoms with van der Waals surface area (Å²) in [6.07, 6.45) is 2.58. The molecule has 1 fully saturated rings. The molecule has 3 heteroatoms. The zero-order valence-electron chi connectivity index (χ0n) is 11.3. The Morgan fingerprint density at radius 3 is 2.67 bits per heavy atom. The number of nitrogens with zero attached hydrogens (tertiary/aromatic N) is 1. The highest BCUT2D eigenvalue weighted by atomic mass is 19.1. The number of halogens is 1. The summed E-state index contributed by atoms with van der Waals surface area (Å²) in [4.78, 5) is 2.32. The van der Waals surface area contributed by atoms with Gasteiger partial charge >= 0.3 is 0 Å². The Balaban J connectivity index is 2.02. The molecule has 1 aliphatic heterocycles. The fourth-order valence-corrected chi connectivity index (χ4v) is 2.66. The van der Waals surface area contributed by atoms with E-state index in [2.05, 4.69) is 24.1 Å². The van der Waals surface area contributed by atoms with Crippen LogP contribution >= 0.6 is 0 Å². The van der Waals surface area contributed by atoms with Gasteiger partial charge in [-0.05, 0) is 56.5 Å². The Bertz CT molecular complexity index is 363. The first kappa shape index (κ1) is 13.3. The van der Waals surface area contributed by atoms with Crippen molar-refractivity contribution in [3.63, 3.8) is 0 Å². The maximum atomic E-state index is 12.9. The minimum Gasteiger partial charge on any atom is -0.370 e. The standard InChI is InChI=1S/C15H23FN2/c1-3-18(14-8-6-13(16)7-9-14)11-15-12(2)5-4-10-17-15/h6-9,12,15,17H,3-5,10-11H2,1-2H3. The Labute approximate surface area is 109 Å². The summed E-state index contributed by atoms with van der Waals surface area (Å²) in [6, 6.07) is 7.35. The van der Waals surface area contributed by atoms with E-state index < -0.39 is 0 Å². The molecule has 2 atom stereocenters. The minimum atomic E-state index is -0.168. The summed E-state index contributed by atoms with van der Waals surface area (Å²) < 4.78 is 12.9. The van der Waals surface area contributed by atoms with Crippen LogP contribution in [-0.4, -0.2) is 25.7 Å². The first-order chi connectivity index (χ1) is 8.70. The van der Waals surface area contributed by atoms with Crippen LogP contribution < -0.4 is 10.2 Å². The largest absolute Gasteiger partial charge is 0.370 e. The van der Waals surface area contributed by atoms with E-state index in [-0.39, 0.29) is 5.82 Å². The van der Waals surface area contributed by atoms with Crippen LogP contribution in [-0.2, 0) is 0 Å². The summed E-state index contributed by atoms with van der Waals surface area (Å²) in [5.41, 5.74) is 1.11. The zero-order valence-corrected chi connectivity index (χ0v) is 11.3. The second kappa shape index (κ2) is 6.19. The first-order valence-electron chi connectivity index (χ1n) is 6.94. The highest BCUT2D eigenvalue weighted by Crippen LogP contribution is 2.20. The lowest BCUT2D eigenvalue weighted by molar-refractivity contribution is 0.301. The molecular weight excluding hydrogens is 227 g/mol. The van der Waals surface area contributed by atoms with E-state index in [9.17, 15) is 4.39 Å². The summed E-state index contributed by atoms with van der Waals surface area (Å²) in [6.45, 7) is 7.54. The van der Waals surface area contributed by atoms with Gasteiger partial charge in [0.05, 0.1) is 0 Å². The summed E-state index contributed by atoms with van der Waals surface area (Å²) in [5, 5.41) is 3.60. The van der Waals surface area contributed by atoms with Crippen molar-refractivity contribution in [3.8, 4) is 0 Å². The van der Waals surface area contributed by atoms with Gasteiger partial charge in [-0.15, -0.1) is 0 Å². The first-order valence-corrected chi connectivity index (χ1v) is 6.94. The molecule has 100 valence electrons. The van der Waals surface area contributed by atoms with Crippen LogP contribution in [0.2, 0.25) is 0 Å². The van der Waals surface area contributed by atoms with E-state index in [1.807, 2.05) is 12.1 Å². The number of hydrogen-bond acceptors (Lipinski definition) is 2. The highest BCUT2D eigenvalue weighted by Gasteiger charge is 2.22. The van der Waals surface area contributed by atoms with Crippen molar-refractivity contribution in [2.45, 2.75) is 32.7 Å². The van der Waals surface area contributed by atoms with Gasteiger partial charge < -0.3 is 10.2 Å². The number of anilines is 1. The van der Waals surface area contributed by atoms with Crippen LogP contribution in [0.3, 0.4) is 0 Å². The third kappa shape index (κ3) is 3.22. The number of rotatable bonds is 4. The third-order valence-electron chi connectivity index (χ3n) is 3.92. The summed E-state index contributed by atoms with van der Waals surface area (Å²) in [7, 11) is 0. The highest BCUT2D eigenvalue weighted by molar-refractivity contribution is 5.46. The van der Waals surface area contributed by atoms with E-state index >= 15 is 0 Å². The normalized spacial score (nSPS) is 23.9. The number of piperidine rings is 1. The lowest BCUT2D eigenvalue weighted by Gasteiger charge is -2.35. The molecule has 0 saturated carbocycles. The van der Waals surface area contributed by atoms with E-state index in [4.69, 9.17) is 0 Å². The predicted molar refractivity (Wildman–Crippen MR) is 74.5 cm³/mol.